The van der Waals surface area contributed by atoms with E-state index in [9.17, 15) is 9.59 Å². The Balaban J connectivity index is 1.70. The lowest BCUT2D eigenvalue weighted by Crippen LogP contribution is -2.29. The van der Waals surface area contributed by atoms with Crippen molar-refractivity contribution in [2.24, 2.45) is 5.92 Å². The fourth-order valence-corrected chi connectivity index (χ4v) is 3.21. The first-order chi connectivity index (χ1) is 13.3. The van der Waals surface area contributed by atoms with Crippen LogP contribution in [0.2, 0.25) is 0 Å². The van der Waals surface area contributed by atoms with Crippen molar-refractivity contribution in [3.8, 4) is 0 Å². The molecule has 5 nitrogen and oxygen atoms in total. The molecule has 1 fully saturated rings. The van der Waals surface area contributed by atoms with Crippen molar-refractivity contribution in [3.05, 3.63) is 59.7 Å². The number of anilines is 2. The average molecular weight is 380 g/mol. The standard InChI is InChI=1S/C23H28N2O3/c1-23(2,3)18-10-8-16(9-11-18)21(26)24-19-6-4-5-7-20(19)25-22(27)17-12-14-28-15-13-17/h4-11,17H,12-15H2,1-3H3,(H,24,26)(H,25,27). The molecule has 0 bridgehead atoms. The normalized spacial score (nSPS) is 15.1. The monoisotopic (exact) mass is 380 g/mol. The lowest BCUT2D eigenvalue weighted by atomic mass is 9.87. The number of rotatable bonds is 4. The summed E-state index contributed by atoms with van der Waals surface area (Å²) in [6, 6.07) is 14.9. The summed E-state index contributed by atoms with van der Waals surface area (Å²) in [6.07, 6.45) is 1.45. The average Bonchev–Trinajstić information content (AvgIpc) is 2.69. The van der Waals surface area contributed by atoms with Crippen molar-refractivity contribution in [3.63, 3.8) is 0 Å². The fraction of sp³-hybridized carbons (Fsp3) is 0.391. The smallest absolute Gasteiger partial charge is 0.255 e. The van der Waals surface area contributed by atoms with E-state index in [-0.39, 0.29) is 23.1 Å². The van der Waals surface area contributed by atoms with Crippen LogP contribution in [-0.4, -0.2) is 25.0 Å². The summed E-state index contributed by atoms with van der Waals surface area (Å²) in [5.41, 5.74) is 2.99. The van der Waals surface area contributed by atoms with Crippen molar-refractivity contribution in [2.45, 2.75) is 39.0 Å². The zero-order chi connectivity index (χ0) is 20.1. The highest BCUT2D eigenvalue weighted by Gasteiger charge is 2.22. The molecule has 1 saturated heterocycles. The summed E-state index contributed by atoms with van der Waals surface area (Å²) in [4.78, 5) is 25.2. The summed E-state index contributed by atoms with van der Waals surface area (Å²) in [7, 11) is 0. The lowest BCUT2D eigenvalue weighted by Gasteiger charge is -2.22. The topological polar surface area (TPSA) is 67.4 Å². The number of carbonyl (C=O) groups is 2. The van der Waals surface area contributed by atoms with Crippen molar-refractivity contribution in [1.82, 2.24) is 0 Å². The first-order valence-corrected chi connectivity index (χ1v) is 9.74. The molecular weight excluding hydrogens is 352 g/mol. The van der Waals surface area contributed by atoms with Crippen LogP contribution in [0, 0.1) is 5.92 Å². The summed E-state index contributed by atoms with van der Waals surface area (Å²) < 4.78 is 5.32. The van der Waals surface area contributed by atoms with Crippen LogP contribution in [0.15, 0.2) is 48.5 Å². The Hall–Kier alpha value is -2.66. The Morgan fingerprint density at radius 1 is 0.893 bits per heavy atom. The molecule has 0 unspecified atom stereocenters. The summed E-state index contributed by atoms with van der Waals surface area (Å²) in [5, 5.41) is 5.87. The largest absolute Gasteiger partial charge is 0.381 e. The number of para-hydroxylation sites is 2. The van der Waals surface area contributed by atoms with Crippen LogP contribution in [0.4, 0.5) is 11.4 Å². The minimum atomic E-state index is -0.201. The van der Waals surface area contributed by atoms with Crippen molar-refractivity contribution in [1.29, 1.82) is 0 Å². The van der Waals surface area contributed by atoms with E-state index in [1.165, 1.54) is 5.56 Å². The van der Waals surface area contributed by atoms with E-state index in [1.54, 1.807) is 12.1 Å². The van der Waals surface area contributed by atoms with Crippen LogP contribution < -0.4 is 10.6 Å². The van der Waals surface area contributed by atoms with E-state index in [0.717, 1.165) is 12.8 Å². The van der Waals surface area contributed by atoms with Gasteiger partial charge in [0.15, 0.2) is 0 Å². The summed E-state index contributed by atoms with van der Waals surface area (Å²) >= 11 is 0. The number of hydrogen-bond acceptors (Lipinski definition) is 3. The molecule has 2 amide bonds. The van der Waals surface area contributed by atoms with Crippen molar-refractivity contribution >= 4 is 23.2 Å². The molecule has 0 atom stereocenters. The SMILES string of the molecule is CC(C)(C)c1ccc(C(=O)Nc2ccccc2NC(=O)C2CCOCC2)cc1. The van der Waals surface area contributed by atoms with E-state index in [2.05, 4.69) is 31.4 Å². The second-order valence-corrected chi connectivity index (χ2v) is 8.20. The van der Waals surface area contributed by atoms with Gasteiger partial charge in [-0.05, 0) is 48.1 Å². The molecule has 2 aromatic rings. The van der Waals surface area contributed by atoms with Gasteiger partial charge in [0.1, 0.15) is 0 Å². The second kappa shape index (κ2) is 8.57. The number of carbonyl (C=O) groups excluding carboxylic acids is 2. The van der Waals surface area contributed by atoms with E-state index in [4.69, 9.17) is 4.74 Å². The molecule has 2 N–H and O–H groups in total. The first-order valence-electron chi connectivity index (χ1n) is 9.74. The number of ether oxygens (including phenoxy) is 1. The van der Waals surface area contributed by atoms with Crippen LogP contribution in [0.5, 0.6) is 0 Å². The van der Waals surface area contributed by atoms with E-state index >= 15 is 0 Å². The Bertz CT molecular complexity index is 832. The molecule has 1 aliphatic heterocycles. The minimum Gasteiger partial charge on any atom is -0.381 e. The molecule has 148 valence electrons. The molecule has 28 heavy (non-hydrogen) atoms. The number of hydrogen-bond donors (Lipinski definition) is 2. The van der Waals surface area contributed by atoms with Gasteiger partial charge in [-0.2, -0.15) is 0 Å². The van der Waals surface area contributed by atoms with Gasteiger partial charge >= 0.3 is 0 Å². The van der Waals surface area contributed by atoms with Gasteiger partial charge in [0, 0.05) is 24.7 Å². The fourth-order valence-electron chi connectivity index (χ4n) is 3.21. The lowest BCUT2D eigenvalue weighted by molar-refractivity contribution is -0.122. The van der Waals surface area contributed by atoms with Crippen molar-refractivity contribution in [2.75, 3.05) is 23.8 Å². The second-order valence-electron chi connectivity index (χ2n) is 8.20. The highest BCUT2D eigenvalue weighted by atomic mass is 16.5. The predicted molar refractivity (Wildman–Crippen MR) is 112 cm³/mol. The molecule has 5 heteroatoms. The first kappa shape index (κ1) is 20.1. The Labute approximate surface area is 166 Å². The third-order valence-corrected chi connectivity index (χ3v) is 5.04. The number of nitrogens with one attached hydrogen (secondary N) is 2. The van der Waals surface area contributed by atoms with E-state index in [1.807, 2.05) is 36.4 Å². The third-order valence-electron chi connectivity index (χ3n) is 5.04. The molecule has 0 aromatic heterocycles. The Morgan fingerprint density at radius 2 is 1.46 bits per heavy atom. The molecule has 0 radical (unpaired) electrons. The van der Waals surface area contributed by atoms with Gasteiger partial charge in [0.05, 0.1) is 11.4 Å². The van der Waals surface area contributed by atoms with Crippen molar-refractivity contribution < 1.29 is 14.3 Å². The maximum atomic E-state index is 12.7. The van der Waals surface area contributed by atoms with Crippen LogP contribution in [0.25, 0.3) is 0 Å². The molecule has 0 spiro atoms. The molecule has 0 aliphatic carbocycles. The van der Waals surface area contributed by atoms with Crippen LogP contribution in [0.3, 0.4) is 0 Å². The summed E-state index contributed by atoms with van der Waals surface area (Å²) in [6.45, 7) is 7.64. The van der Waals surface area contributed by atoms with E-state index < -0.39 is 0 Å². The maximum Gasteiger partial charge on any atom is 0.255 e. The molecular formula is C23H28N2O3. The Kier molecular flexibility index (Phi) is 6.15. The van der Waals surface area contributed by atoms with Gasteiger partial charge in [-0.25, -0.2) is 0 Å². The molecule has 3 rings (SSSR count). The number of benzene rings is 2. The zero-order valence-electron chi connectivity index (χ0n) is 16.7. The zero-order valence-corrected chi connectivity index (χ0v) is 16.7. The minimum absolute atomic E-state index is 0.0282. The number of amides is 2. The van der Waals surface area contributed by atoms with Gasteiger partial charge in [0.2, 0.25) is 5.91 Å². The van der Waals surface area contributed by atoms with Gasteiger partial charge in [0.25, 0.3) is 5.91 Å². The van der Waals surface area contributed by atoms with Gasteiger partial charge in [-0.15, -0.1) is 0 Å². The van der Waals surface area contributed by atoms with E-state index in [0.29, 0.717) is 30.2 Å². The highest BCUT2D eigenvalue weighted by Crippen LogP contribution is 2.25. The van der Waals surface area contributed by atoms with Crippen LogP contribution >= 0.6 is 0 Å². The summed E-state index contributed by atoms with van der Waals surface area (Å²) in [5.74, 6) is -0.282. The van der Waals surface area contributed by atoms with Crippen LogP contribution in [-0.2, 0) is 14.9 Å². The molecule has 0 saturated carbocycles. The molecule has 2 aromatic carbocycles. The third kappa shape index (κ3) is 4.98. The van der Waals surface area contributed by atoms with Crippen LogP contribution in [0.1, 0.15) is 49.5 Å². The van der Waals surface area contributed by atoms with Gasteiger partial charge in [-0.1, -0.05) is 45.0 Å². The predicted octanol–water partition coefficient (Wildman–Crippen LogP) is 4.60. The van der Waals surface area contributed by atoms with Gasteiger partial charge < -0.3 is 15.4 Å². The maximum absolute atomic E-state index is 12.7. The highest BCUT2D eigenvalue weighted by molar-refractivity contribution is 6.07. The molecule has 1 aliphatic rings. The van der Waals surface area contributed by atoms with Gasteiger partial charge in [-0.3, -0.25) is 9.59 Å². The molecule has 1 heterocycles. The Morgan fingerprint density at radius 3 is 2.04 bits per heavy atom. The quantitative estimate of drug-likeness (QED) is 0.814.